The fourth-order valence-corrected chi connectivity index (χ4v) is 1.25. The number of hydrogen-bond acceptors (Lipinski definition) is 2. The predicted octanol–water partition coefficient (Wildman–Crippen LogP) is 3.50. The smallest absolute Gasteiger partial charge is 0.251 e. The zero-order chi connectivity index (χ0) is 14.2. The molecule has 0 aromatic carbocycles. The van der Waals surface area contributed by atoms with Crippen molar-refractivity contribution in [2.45, 2.75) is 27.2 Å². The first-order valence-electron chi connectivity index (χ1n) is 6.00. The minimum Gasteiger partial charge on any atom is -0.286 e. The van der Waals surface area contributed by atoms with Crippen LogP contribution in [0.3, 0.4) is 0 Å². The average Bonchev–Trinajstić information content (AvgIpc) is 2.35. The van der Waals surface area contributed by atoms with E-state index in [1.807, 2.05) is 20.8 Å². The number of nitrogens with zero attached hydrogens (tertiary/aromatic N) is 1. The van der Waals surface area contributed by atoms with Gasteiger partial charge in [-0.05, 0) is 12.0 Å². The molecule has 3 heteroatoms. The molecular weight excluding hydrogens is 226 g/mol. The van der Waals surface area contributed by atoms with Gasteiger partial charge < -0.3 is 0 Å². The van der Waals surface area contributed by atoms with Gasteiger partial charge in [0.05, 0.1) is 6.54 Å². The maximum atomic E-state index is 12.0. The molecular formula is C15H23NO2. The normalized spacial score (nSPS) is 12.6. The molecule has 0 heterocycles. The van der Waals surface area contributed by atoms with Crippen molar-refractivity contribution in [2.75, 3.05) is 6.54 Å². The van der Waals surface area contributed by atoms with Crippen molar-refractivity contribution >= 4 is 5.91 Å². The standard InChI is InChI=1S/C15H23NO2/c1-6-9-11-13(10-7-2)12-16(18)14(17)15(4,5)8-3/h6-7,9-11,18H,1-2,8,12H2,3-5H3/b11-9-,13-10+. The second-order valence-corrected chi connectivity index (χ2v) is 4.67. The second kappa shape index (κ2) is 7.67. The van der Waals surface area contributed by atoms with Gasteiger partial charge in [0.1, 0.15) is 0 Å². The van der Waals surface area contributed by atoms with Crippen LogP contribution >= 0.6 is 0 Å². The highest BCUT2D eigenvalue weighted by atomic mass is 16.5. The Morgan fingerprint density at radius 3 is 2.39 bits per heavy atom. The molecule has 1 amide bonds. The lowest BCUT2D eigenvalue weighted by molar-refractivity contribution is -0.173. The molecule has 0 fully saturated rings. The zero-order valence-corrected chi connectivity index (χ0v) is 11.5. The molecule has 0 radical (unpaired) electrons. The number of carbonyl (C=O) groups is 1. The molecule has 18 heavy (non-hydrogen) atoms. The predicted molar refractivity (Wildman–Crippen MR) is 75.2 cm³/mol. The van der Waals surface area contributed by atoms with Gasteiger partial charge in [-0.1, -0.05) is 64.3 Å². The van der Waals surface area contributed by atoms with Crippen molar-refractivity contribution in [3.63, 3.8) is 0 Å². The van der Waals surface area contributed by atoms with Crippen LogP contribution in [0.5, 0.6) is 0 Å². The Balaban J connectivity index is 4.80. The highest BCUT2D eigenvalue weighted by Crippen LogP contribution is 2.22. The van der Waals surface area contributed by atoms with E-state index >= 15 is 0 Å². The Bertz CT molecular complexity index is 365. The molecule has 3 nitrogen and oxygen atoms in total. The van der Waals surface area contributed by atoms with E-state index in [4.69, 9.17) is 0 Å². The summed E-state index contributed by atoms with van der Waals surface area (Å²) in [5, 5.41) is 10.6. The van der Waals surface area contributed by atoms with Gasteiger partial charge in [0.25, 0.3) is 5.91 Å². The Labute approximate surface area is 110 Å². The van der Waals surface area contributed by atoms with E-state index in [0.29, 0.717) is 6.42 Å². The van der Waals surface area contributed by atoms with Gasteiger partial charge in [0.15, 0.2) is 0 Å². The van der Waals surface area contributed by atoms with Crippen molar-refractivity contribution in [3.05, 3.63) is 49.1 Å². The van der Waals surface area contributed by atoms with E-state index in [0.717, 1.165) is 10.6 Å². The summed E-state index contributed by atoms with van der Waals surface area (Å²) in [6.45, 7) is 12.9. The molecule has 1 N–H and O–H groups in total. The molecule has 0 aromatic rings. The molecule has 0 spiro atoms. The van der Waals surface area contributed by atoms with Gasteiger partial charge in [0, 0.05) is 5.41 Å². The Morgan fingerprint density at radius 1 is 1.33 bits per heavy atom. The average molecular weight is 249 g/mol. The van der Waals surface area contributed by atoms with E-state index in [2.05, 4.69) is 13.2 Å². The summed E-state index contributed by atoms with van der Waals surface area (Å²) in [7, 11) is 0. The molecule has 0 rings (SSSR count). The molecule has 0 unspecified atom stereocenters. The maximum absolute atomic E-state index is 12.0. The third kappa shape index (κ3) is 5.15. The third-order valence-electron chi connectivity index (χ3n) is 2.81. The van der Waals surface area contributed by atoms with Crippen molar-refractivity contribution in [2.24, 2.45) is 5.41 Å². The second-order valence-electron chi connectivity index (χ2n) is 4.67. The van der Waals surface area contributed by atoms with Crippen LogP contribution in [-0.2, 0) is 4.79 Å². The molecule has 0 aliphatic rings. The molecule has 0 saturated heterocycles. The monoisotopic (exact) mass is 249 g/mol. The molecule has 0 aromatic heterocycles. The minimum absolute atomic E-state index is 0.138. The first kappa shape index (κ1) is 16.4. The molecule has 0 aliphatic carbocycles. The van der Waals surface area contributed by atoms with E-state index < -0.39 is 5.41 Å². The van der Waals surface area contributed by atoms with Gasteiger partial charge in [-0.3, -0.25) is 10.0 Å². The van der Waals surface area contributed by atoms with Crippen LogP contribution < -0.4 is 0 Å². The van der Waals surface area contributed by atoms with Crippen LogP contribution in [0, 0.1) is 5.41 Å². The quantitative estimate of drug-likeness (QED) is 0.426. The maximum Gasteiger partial charge on any atom is 0.251 e. The Hall–Kier alpha value is -1.61. The van der Waals surface area contributed by atoms with E-state index in [1.54, 1.807) is 30.4 Å². The lowest BCUT2D eigenvalue weighted by Gasteiger charge is -2.26. The van der Waals surface area contributed by atoms with Crippen LogP contribution in [0.25, 0.3) is 0 Å². The summed E-state index contributed by atoms with van der Waals surface area (Å²) in [5.41, 5.74) is 0.226. The van der Waals surface area contributed by atoms with Crippen molar-refractivity contribution in [1.82, 2.24) is 5.06 Å². The Kier molecular flexibility index (Phi) is 6.98. The summed E-state index contributed by atoms with van der Waals surface area (Å²) in [4.78, 5) is 12.0. The van der Waals surface area contributed by atoms with Crippen molar-refractivity contribution in [1.29, 1.82) is 0 Å². The summed E-state index contributed by atoms with van der Waals surface area (Å²) in [6, 6.07) is 0. The summed E-state index contributed by atoms with van der Waals surface area (Å²) < 4.78 is 0. The highest BCUT2D eigenvalue weighted by molar-refractivity contribution is 5.81. The summed E-state index contributed by atoms with van der Waals surface area (Å²) in [6.07, 6.45) is 9.20. The van der Waals surface area contributed by atoms with Gasteiger partial charge in [0.2, 0.25) is 0 Å². The van der Waals surface area contributed by atoms with Crippen molar-refractivity contribution in [3.8, 4) is 0 Å². The van der Waals surface area contributed by atoms with Gasteiger partial charge >= 0.3 is 0 Å². The highest BCUT2D eigenvalue weighted by Gasteiger charge is 2.29. The van der Waals surface area contributed by atoms with E-state index in [1.165, 1.54) is 0 Å². The number of carbonyl (C=O) groups excluding carboxylic acids is 1. The zero-order valence-electron chi connectivity index (χ0n) is 11.5. The van der Waals surface area contributed by atoms with Crippen LogP contribution in [-0.4, -0.2) is 22.7 Å². The topological polar surface area (TPSA) is 40.5 Å². The number of allylic oxidation sites excluding steroid dienone is 4. The van der Waals surface area contributed by atoms with Crippen LogP contribution in [0.4, 0.5) is 0 Å². The first-order chi connectivity index (χ1) is 8.38. The number of hydroxylamine groups is 2. The van der Waals surface area contributed by atoms with Gasteiger partial charge in [-0.2, -0.15) is 0 Å². The number of rotatable bonds is 7. The van der Waals surface area contributed by atoms with Gasteiger partial charge in [-0.25, -0.2) is 5.06 Å². The fourth-order valence-electron chi connectivity index (χ4n) is 1.25. The van der Waals surface area contributed by atoms with E-state index in [9.17, 15) is 10.0 Å². The number of hydrogen-bond donors (Lipinski definition) is 1. The van der Waals surface area contributed by atoms with Crippen LogP contribution in [0.15, 0.2) is 49.1 Å². The summed E-state index contributed by atoms with van der Waals surface area (Å²) in [5.74, 6) is -0.285. The molecule has 0 aliphatic heterocycles. The van der Waals surface area contributed by atoms with Crippen LogP contribution in [0.2, 0.25) is 0 Å². The van der Waals surface area contributed by atoms with E-state index in [-0.39, 0.29) is 12.5 Å². The molecule has 0 atom stereocenters. The Morgan fingerprint density at radius 2 is 1.94 bits per heavy atom. The number of amides is 1. The summed E-state index contributed by atoms with van der Waals surface area (Å²) >= 11 is 0. The lowest BCUT2D eigenvalue weighted by Crippen LogP contribution is -2.39. The van der Waals surface area contributed by atoms with Gasteiger partial charge in [-0.15, -0.1) is 0 Å². The molecule has 0 bridgehead atoms. The minimum atomic E-state index is -0.559. The lowest BCUT2D eigenvalue weighted by atomic mass is 9.89. The largest absolute Gasteiger partial charge is 0.286 e. The SMILES string of the molecule is C=C/C=C\C(=C/C=C)CN(O)C(=O)C(C)(C)CC. The molecule has 100 valence electrons. The van der Waals surface area contributed by atoms with Crippen molar-refractivity contribution < 1.29 is 10.0 Å². The van der Waals surface area contributed by atoms with Crippen LogP contribution in [0.1, 0.15) is 27.2 Å². The first-order valence-corrected chi connectivity index (χ1v) is 6.00. The third-order valence-corrected chi connectivity index (χ3v) is 2.81. The fraction of sp³-hybridized carbons (Fsp3) is 0.400. The molecule has 0 saturated carbocycles.